The summed E-state index contributed by atoms with van der Waals surface area (Å²) < 4.78 is 9.38. The Hall–Kier alpha value is -2.49. The van der Waals surface area contributed by atoms with Crippen LogP contribution in [0.3, 0.4) is 0 Å². The van der Waals surface area contributed by atoms with Crippen LogP contribution in [0.5, 0.6) is 0 Å². The van der Waals surface area contributed by atoms with Gasteiger partial charge in [0.05, 0.1) is 7.11 Å². The van der Waals surface area contributed by atoms with E-state index in [0.29, 0.717) is 17.0 Å². The summed E-state index contributed by atoms with van der Waals surface area (Å²) in [6.45, 7) is 2.67. The van der Waals surface area contributed by atoms with Crippen molar-refractivity contribution < 1.29 is 33.8 Å². The summed E-state index contributed by atoms with van der Waals surface area (Å²) in [5, 5.41) is 11.9. The van der Waals surface area contributed by atoms with Crippen molar-refractivity contribution in [2.45, 2.75) is 25.3 Å². The normalized spacial score (nSPS) is 22.8. The zero-order chi connectivity index (χ0) is 18.7. The monoisotopic (exact) mass is 370 g/mol. The number of β-lactam (4-membered cyclic amide) rings is 1. The highest BCUT2D eigenvalue weighted by Crippen LogP contribution is 2.40. The second-order valence-electron chi connectivity index (χ2n) is 5.42. The molecule has 0 spiro atoms. The van der Waals surface area contributed by atoms with E-state index < -0.39 is 35.2 Å². The fourth-order valence-electron chi connectivity index (χ4n) is 2.51. The largest absolute Gasteiger partial charge is 0.477 e. The second kappa shape index (κ2) is 7.60. The number of thioether (sulfide) groups is 1. The minimum Gasteiger partial charge on any atom is -0.477 e. The van der Waals surface area contributed by atoms with E-state index in [0.717, 1.165) is 0 Å². The Morgan fingerprint density at radius 2 is 2.08 bits per heavy atom. The number of allylic oxidation sites excluding steroid dienone is 1. The molecule has 1 amide bonds. The molecule has 0 radical (unpaired) electrons. The number of methoxy groups -OCH3 is 1. The molecular formula is C15H18N2O7S. The molecule has 2 atom stereocenters. The van der Waals surface area contributed by atoms with E-state index in [1.54, 1.807) is 6.92 Å². The molecule has 2 heterocycles. The van der Waals surface area contributed by atoms with Gasteiger partial charge >= 0.3 is 17.9 Å². The predicted molar refractivity (Wildman–Crippen MR) is 87.1 cm³/mol. The van der Waals surface area contributed by atoms with E-state index in [9.17, 15) is 24.3 Å². The average Bonchev–Trinajstić information content (AvgIpc) is 2.56. The van der Waals surface area contributed by atoms with Gasteiger partial charge in [-0.2, -0.15) is 0 Å². The number of ether oxygens (including phenoxy) is 2. The van der Waals surface area contributed by atoms with Gasteiger partial charge in [0.25, 0.3) is 5.91 Å². The number of fused-ring (bicyclic) bond motifs is 1. The van der Waals surface area contributed by atoms with Crippen molar-refractivity contribution in [3.63, 3.8) is 0 Å². The summed E-state index contributed by atoms with van der Waals surface area (Å²) in [4.78, 5) is 47.3. The maximum atomic E-state index is 12.4. The van der Waals surface area contributed by atoms with Crippen LogP contribution < -0.4 is 5.32 Å². The van der Waals surface area contributed by atoms with Crippen molar-refractivity contribution in [2.24, 2.45) is 0 Å². The number of rotatable bonds is 6. The molecule has 1 saturated heterocycles. The number of amides is 1. The standard InChI is InChI=1S/C15H18N2O7S/c1-7(4-10(19)23-3)16-11-13(20)17-12(15(21)22)9(5-24-8(2)18)6-25-14(11)17/h4,11,14,16H,5-6H2,1-3H3,(H,21,22)/b7-4+/t11-,14-/m1/s1. The topological polar surface area (TPSA) is 122 Å². The minimum absolute atomic E-state index is 0.150. The molecule has 0 saturated carbocycles. The fourth-order valence-corrected chi connectivity index (χ4v) is 3.83. The van der Waals surface area contributed by atoms with Crippen molar-refractivity contribution in [3.8, 4) is 0 Å². The first-order valence-electron chi connectivity index (χ1n) is 7.32. The molecule has 1 fully saturated rings. The van der Waals surface area contributed by atoms with Gasteiger partial charge in [-0.15, -0.1) is 11.8 Å². The van der Waals surface area contributed by atoms with Crippen LogP contribution in [0, 0.1) is 0 Å². The fraction of sp³-hybridized carbons (Fsp3) is 0.467. The molecule has 0 aromatic heterocycles. The zero-order valence-electron chi connectivity index (χ0n) is 13.9. The number of aliphatic carboxylic acids is 1. The molecule has 2 rings (SSSR count). The Kier molecular flexibility index (Phi) is 5.73. The third kappa shape index (κ3) is 3.95. The van der Waals surface area contributed by atoms with Crippen molar-refractivity contribution in [1.82, 2.24) is 10.2 Å². The number of nitrogens with one attached hydrogen (secondary N) is 1. The van der Waals surface area contributed by atoms with Gasteiger partial charge in [-0.05, 0) is 6.92 Å². The van der Waals surface area contributed by atoms with E-state index in [4.69, 9.17) is 4.74 Å². The minimum atomic E-state index is -1.25. The van der Waals surface area contributed by atoms with E-state index in [-0.39, 0.29) is 12.3 Å². The molecule has 25 heavy (non-hydrogen) atoms. The van der Waals surface area contributed by atoms with Gasteiger partial charge in [0.1, 0.15) is 23.7 Å². The second-order valence-corrected chi connectivity index (χ2v) is 6.52. The molecule has 0 aliphatic carbocycles. The molecule has 0 aromatic rings. The van der Waals surface area contributed by atoms with E-state index in [1.807, 2.05) is 0 Å². The number of carboxylic acid groups (broad SMARTS) is 1. The number of nitrogens with zero attached hydrogens (tertiary/aromatic N) is 1. The Labute approximate surface area is 148 Å². The van der Waals surface area contributed by atoms with Crippen LogP contribution in [-0.2, 0) is 28.7 Å². The lowest BCUT2D eigenvalue weighted by Crippen LogP contribution is -2.69. The molecule has 0 aromatic carbocycles. The molecule has 9 nitrogen and oxygen atoms in total. The Bertz CT molecular complexity index is 685. The van der Waals surface area contributed by atoms with Crippen molar-refractivity contribution in [3.05, 3.63) is 23.0 Å². The van der Waals surface area contributed by atoms with Crippen LogP contribution >= 0.6 is 11.8 Å². The van der Waals surface area contributed by atoms with Gasteiger partial charge in [-0.25, -0.2) is 9.59 Å². The summed E-state index contributed by atoms with van der Waals surface area (Å²) in [6.07, 6.45) is 1.21. The van der Waals surface area contributed by atoms with Crippen LogP contribution in [0.1, 0.15) is 13.8 Å². The lowest BCUT2D eigenvalue weighted by atomic mass is 10.0. The van der Waals surface area contributed by atoms with Crippen LogP contribution in [-0.4, -0.2) is 64.7 Å². The van der Waals surface area contributed by atoms with Crippen molar-refractivity contribution in [1.29, 1.82) is 0 Å². The number of carbonyl (C=O) groups is 4. The van der Waals surface area contributed by atoms with Crippen LogP contribution in [0.15, 0.2) is 23.0 Å². The van der Waals surface area contributed by atoms with Gasteiger partial charge in [-0.1, -0.05) is 0 Å². The maximum Gasteiger partial charge on any atom is 0.352 e. The highest BCUT2D eigenvalue weighted by atomic mass is 32.2. The predicted octanol–water partition coefficient (Wildman–Crippen LogP) is -0.162. The number of hydrogen-bond acceptors (Lipinski definition) is 8. The van der Waals surface area contributed by atoms with E-state index in [2.05, 4.69) is 10.1 Å². The van der Waals surface area contributed by atoms with Crippen LogP contribution in [0.25, 0.3) is 0 Å². The van der Waals surface area contributed by atoms with Gasteiger partial charge in [0, 0.05) is 30.0 Å². The first-order valence-corrected chi connectivity index (χ1v) is 8.37. The van der Waals surface area contributed by atoms with Gasteiger partial charge in [0.2, 0.25) is 0 Å². The van der Waals surface area contributed by atoms with Gasteiger partial charge < -0.3 is 19.9 Å². The molecular weight excluding hydrogens is 352 g/mol. The molecule has 2 aliphatic rings. The molecule has 0 bridgehead atoms. The first-order chi connectivity index (χ1) is 11.8. The lowest BCUT2D eigenvalue weighted by molar-refractivity contribution is -0.149. The Morgan fingerprint density at radius 3 is 2.64 bits per heavy atom. The Morgan fingerprint density at radius 1 is 1.40 bits per heavy atom. The highest BCUT2D eigenvalue weighted by Gasteiger charge is 2.53. The van der Waals surface area contributed by atoms with Crippen LogP contribution in [0.2, 0.25) is 0 Å². The Balaban J connectivity index is 2.16. The first kappa shape index (κ1) is 18.8. The number of carboxylic acids is 1. The zero-order valence-corrected chi connectivity index (χ0v) is 14.7. The number of esters is 2. The average molecular weight is 370 g/mol. The summed E-state index contributed by atoms with van der Waals surface area (Å²) in [7, 11) is 1.24. The molecule has 136 valence electrons. The summed E-state index contributed by atoms with van der Waals surface area (Å²) in [6, 6.07) is -0.643. The third-order valence-electron chi connectivity index (χ3n) is 3.62. The third-order valence-corrected chi connectivity index (χ3v) is 4.96. The number of hydrogen-bond donors (Lipinski definition) is 2. The summed E-state index contributed by atoms with van der Waals surface area (Å²) in [5.74, 6) is -2.43. The summed E-state index contributed by atoms with van der Waals surface area (Å²) >= 11 is 1.36. The van der Waals surface area contributed by atoms with Crippen molar-refractivity contribution in [2.75, 3.05) is 19.5 Å². The highest BCUT2D eigenvalue weighted by molar-refractivity contribution is 8.00. The van der Waals surface area contributed by atoms with Crippen LogP contribution in [0.4, 0.5) is 0 Å². The summed E-state index contributed by atoms with van der Waals surface area (Å²) in [5.41, 5.74) is 0.664. The molecule has 10 heteroatoms. The molecule has 0 unspecified atom stereocenters. The quantitative estimate of drug-likeness (QED) is 0.373. The van der Waals surface area contributed by atoms with E-state index >= 15 is 0 Å². The van der Waals surface area contributed by atoms with Crippen molar-refractivity contribution >= 4 is 35.6 Å². The van der Waals surface area contributed by atoms with E-state index in [1.165, 1.54) is 36.8 Å². The SMILES string of the molecule is COC(=O)/C=C(\C)N[C@@H]1C(=O)N2C(C(=O)O)=C(COC(C)=O)CS[C@H]12. The van der Waals surface area contributed by atoms with Gasteiger partial charge in [-0.3, -0.25) is 14.5 Å². The molecule has 2 aliphatic heterocycles. The number of carbonyl (C=O) groups excluding carboxylic acids is 3. The maximum absolute atomic E-state index is 12.4. The molecule has 2 N–H and O–H groups in total. The lowest BCUT2D eigenvalue weighted by Gasteiger charge is -2.49. The smallest absolute Gasteiger partial charge is 0.352 e. The van der Waals surface area contributed by atoms with Gasteiger partial charge in [0.15, 0.2) is 0 Å².